The minimum atomic E-state index is -1.12. The first-order chi connectivity index (χ1) is 18.7. The number of carbonyl (C=O) groups is 1. The number of nitrogens with one attached hydrogen (secondary N) is 1. The second kappa shape index (κ2) is 12.4. The van der Waals surface area contributed by atoms with E-state index >= 15 is 0 Å². The van der Waals surface area contributed by atoms with E-state index in [1.165, 1.54) is 13.3 Å². The lowest BCUT2D eigenvalue weighted by molar-refractivity contribution is -0.144. The highest BCUT2D eigenvalue weighted by atomic mass is 35.5. The molecule has 1 saturated heterocycles. The van der Waals surface area contributed by atoms with Crippen molar-refractivity contribution >= 4 is 28.4 Å². The Balaban J connectivity index is 1.40. The van der Waals surface area contributed by atoms with Gasteiger partial charge in [0.25, 0.3) is 0 Å². The topological polar surface area (TPSA) is 104 Å². The lowest BCUT2D eigenvalue weighted by Gasteiger charge is -2.40. The fraction of sp³-hybridized carbons (Fsp3) is 0.407. The molecule has 39 heavy (non-hydrogen) atoms. The van der Waals surface area contributed by atoms with Crippen molar-refractivity contribution < 1.29 is 37.8 Å². The minimum absolute atomic E-state index is 0.0472. The van der Waals surface area contributed by atoms with Crippen LogP contribution in [0.5, 0.6) is 11.5 Å². The molecule has 2 aromatic carbocycles. The van der Waals surface area contributed by atoms with Crippen LogP contribution in [0.4, 0.5) is 13.2 Å². The SMILES string of the molecule is COc1ccc2ncc(Cl)c([C@H](O)CCC3(C(=O)NO)CCN(CCOc4c(F)cc(F)cc4F)CC3)c2c1. The Morgan fingerprint density at radius 2 is 1.90 bits per heavy atom. The number of hydroxylamine groups is 1. The van der Waals surface area contributed by atoms with Crippen molar-refractivity contribution in [1.82, 2.24) is 15.4 Å². The molecule has 2 heterocycles. The van der Waals surface area contributed by atoms with E-state index in [0.717, 1.165) is 0 Å². The van der Waals surface area contributed by atoms with Gasteiger partial charge in [0, 0.05) is 35.8 Å². The Morgan fingerprint density at radius 1 is 1.21 bits per heavy atom. The molecule has 0 bridgehead atoms. The molecule has 1 aliphatic heterocycles. The maximum atomic E-state index is 13.8. The standard InChI is InChI=1S/C27H29ClF3N3O5/c1-38-17-2-3-22-18(14-17)24(19(28)15-32-22)23(35)4-5-27(26(36)33-37)6-8-34(9-7-27)10-11-39-25-20(30)12-16(29)13-21(25)31/h2-3,12-15,23,35,37H,4-11H2,1H3,(H,33,36)/t23-/m1/s1. The number of fused-ring (bicyclic) bond motifs is 1. The number of halogens is 4. The number of pyridine rings is 1. The van der Waals surface area contributed by atoms with Gasteiger partial charge in [-0.2, -0.15) is 0 Å². The summed E-state index contributed by atoms with van der Waals surface area (Å²) in [6.45, 7) is 1.15. The molecule has 0 unspecified atom stereocenters. The fourth-order valence-corrected chi connectivity index (χ4v) is 5.32. The number of nitrogens with zero attached hydrogens (tertiary/aromatic N) is 2. The van der Waals surface area contributed by atoms with Crippen molar-refractivity contribution in [3.8, 4) is 11.5 Å². The molecule has 1 fully saturated rings. The molecule has 1 aromatic heterocycles. The third-order valence-corrected chi connectivity index (χ3v) is 7.61. The molecule has 1 atom stereocenters. The highest BCUT2D eigenvalue weighted by molar-refractivity contribution is 6.32. The van der Waals surface area contributed by atoms with Crippen molar-refractivity contribution in [2.45, 2.75) is 31.8 Å². The number of amides is 1. The largest absolute Gasteiger partial charge is 0.497 e. The van der Waals surface area contributed by atoms with Crippen LogP contribution in [-0.4, -0.2) is 59.5 Å². The van der Waals surface area contributed by atoms with Crippen LogP contribution in [-0.2, 0) is 4.79 Å². The second-order valence-corrected chi connectivity index (χ2v) is 9.97. The first-order valence-electron chi connectivity index (χ1n) is 12.4. The summed E-state index contributed by atoms with van der Waals surface area (Å²) in [7, 11) is 1.53. The van der Waals surface area contributed by atoms with Crippen molar-refractivity contribution in [3.05, 3.63) is 64.6 Å². The number of aliphatic hydroxyl groups excluding tert-OH is 1. The van der Waals surface area contributed by atoms with E-state index in [1.54, 1.807) is 23.7 Å². The number of aromatic nitrogens is 1. The quantitative estimate of drug-likeness (QED) is 0.239. The number of hydrogen-bond acceptors (Lipinski definition) is 7. The van der Waals surface area contributed by atoms with Gasteiger partial charge in [0.2, 0.25) is 5.91 Å². The normalized spacial score (nSPS) is 16.2. The van der Waals surface area contributed by atoms with Gasteiger partial charge in [0.15, 0.2) is 17.4 Å². The number of hydrogen-bond donors (Lipinski definition) is 3. The smallest absolute Gasteiger partial charge is 0.249 e. The summed E-state index contributed by atoms with van der Waals surface area (Å²) in [5.74, 6) is -3.88. The first-order valence-corrected chi connectivity index (χ1v) is 12.8. The molecule has 3 aromatic rings. The number of likely N-dealkylation sites (tertiary alicyclic amines) is 1. The zero-order valence-electron chi connectivity index (χ0n) is 21.2. The van der Waals surface area contributed by atoms with E-state index in [4.69, 9.17) is 21.1 Å². The van der Waals surface area contributed by atoms with Crippen LogP contribution in [0.15, 0.2) is 36.5 Å². The van der Waals surface area contributed by atoms with Gasteiger partial charge in [-0.05, 0) is 57.0 Å². The van der Waals surface area contributed by atoms with Crippen molar-refractivity contribution in [2.75, 3.05) is 33.4 Å². The van der Waals surface area contributed by atoms with E-state index in [9.17, 15) is 28.3 Å². The maximum absolute atomic E-state index is 13.8. The molecule has 0 saturated carbocycles. The van der Waals surface area contributed by atoms with Gasteiger partial charge >= 0.3 is 0 Å². The fourth-order valence-electron chi connectivity index (χ4n) is 5.05. The second-order valence-electron chi connectivity index (χ2n) is 9.57. The molecule has 0 aliphatic carbocycles. The third-order valence-electron chi connectivity index (χ3n) is 7.31. The van der Waals surface area contributed by atoms with Crippen molar-refractivity contribution in [1.29, 1.82) is 0 Å². The highest BCUT2D eigenvalue weighted by Gasteiger charge is 2.41. The van der Waals surface area contributed by atoms with Crippen molar-refractivity contribution in [2.24, 2.45) is 5.41 Å². The molecule has 210 valence electrons. The monoisotopic (exact) mass is 567 g/mol. The summed E-state index contributed by atoms with van der Waals surface area (Å²) < 4.78 is 51.2. The summed E-state index contributed by atoms with van der Waals surface area (Å²) in [4.78, 5) is 19.0. The number of piperidine rings is 1. The minimum Gasteiger partial charge on any atom is -0.497 e. The van der Waals surface area contributed by atoms with Gasteiger partial charge in [0.05, 0.1) is 29.2 Å². The summed E-state index contributed by atoms with van der Waals surface area (Å²) >= 11 is 6.41. The van der Waals surface area contributed by atoms with Gasteiger partial charge in [-0.3, -0.25) is 19.9 Å². The summed E-state index contributed by atoms with van der Waals surface area (Å²) in [6.07, 6.45) is 1.64. The van der Waals surface area contributed by atoms with Gasteiger partial charge in [0.1, 0.15) is 18.2 Å². The average molecular weight is 568 g/mol. The number of rotatable bonds is 10. The van der Waals surface area contributed by atoms with Crippen LogP contribution in [0.3, 0.4) is 0 Å². The summed E-state index contributed by atoms with van der Waals surface area (Å²) in [5, 5.41) is 21.5. The number of carbonyl (C=O) groups excluding carboxylic acids is 1. The number of methoxy groups -OCH3 is 1. The molecule has 12 heteroatoms. The molecule has 0 radical (unpaired) electrons. The first kappa shape index (κ1) is 28.9. The van der Waals surface area contributed by atoms with E-state index < -0.39 is 40.6 Å². The third kappa shape index (κ3) is 6.38. The number of aliphatic hydroxyl groups is 1. The maximum Gasteiger partial charge on any atom is 0.249 e. The highest BCUT2D eigenvalue weighted by Crippen LogP contribution is 2.41. The Morgan fingerprint density at radius 3 is 2.54 bits per heavy atom. The predicted octanol–water partition coefficient (Wildman–Crippen LogP) is 4.79. The molecule has 8 nitrogen and oxygen atoms in total. The lowest BCUT2D eigenvalue weighted by atomic mass is 9.73. The molecule has 3 N–H and O–H groups in total. The summed E-state index contributed by atoms with van der Waals surface area (Å²) in [5.41, 5.74) is 1.93. The average Bonchev–Trinajstić information content (AvgIpc) is 2.93. The molecule has 4 rings (SSSR count). The van der Waals surface area contributed by atoms with Crippen LogP contribution < -0.4 is 15.0 Å². The number of ether oxygens (including phenoxy) is 2. The zero-order valence-corrected chi connectivity index (χ0v) is 22.0. The van der Waals surface area contributed by atoms with Gasteiger partial charge in [-0.1, -0.05) is 11.6 Å². The van der Waals surface area contributed by atoms with E-state index in [1.807, 2.05) is 4.90 Å². The number of benzene rings is 2. The summed E-state index contributed by atoms with van der Waals surface area (Å²) in [6, 6.07) is 6.36. The van der Waals surface area contributed by atoms with Crippen molar-refractivity contribution in [3.63, 3.8) is 0 Å². The Labute approximate surface area is 228 Å². The van der Waals surface area contributed by atoms with Gasteiger partial charge < -0.3 is 14.6 Å². The van der Waals surface area contributed by atoms with Crippen LogP contribution in [0.25, 0.3) is 10.9 Å². The van der Waals surface area contributed by atoms with Gasteiger partial charge in [-0.15, -0.1) is 0 Å². The lowest BCUT2D eigenvalue weighted by Crippen LogP contribution is -2.49. The van der Waals surface area contributed by atoms with Crippen LogP contribution >= 0.6 is 11.6 Å². The Hall–Kier alpha value is -3.12. The van der Waals surface area contributed by atoms with E-state index in [-0.39, 0.29) is 24.5 Å². The zero-order chi connectivity index (χ0) is 28.2. The Bertz CT molecular complexity index is 1310. The van der Waals surface area contributed by atoms with Crippen LogP contribution in [0.2, 0.25) is 5.02 Å². The predicted molar refractivity (Wildman–Crippen MR) is 137 cm³/mol. The Kier molecular flexibility index (Phi) is 9.16. The van der Waals surface area contributed by atoms with Crippen LogP contribution in [0, 0.1) is 22.9 Å². The molecule has 1 amide bonds. The molecule has 0 spiro atoms. The molecular formula is C27H29ClF3N3O5. The van der Waals surface area contributed by atoms with Gasteiger partial charge in [-0.25, -0.2) is 18.7 Å². The molecule has 1 aliphatic rings. The van der Waals surface area contributed by atoms with Crippen LogP contribution in [0.1, 0.15) is 37.4 Å². The van der Waals surface area contributed by atoms with E-state index in [0.29, 0.717) is 66.8 Å². The molecular weight excluding hydrogens is 539 g/mol. The van der Waals surface area contributed by atoms with E-state index in [2.05, 4.69) is 4.98 Å².